The van der Waals surface area contributed by atoms with Crippen LogP contribution in [0, 0.1) is 0 Å². The Hall–Kier alpha value is -4.17. The van der Waals surface area contributed by atoms with E-state index in [1.807, 2.05) is 42.5 Å². The first-order valence-corrected chi connectivity index (χ1v) is 11.3. The fourth-order valence-electron chi connectivity index (χ4n) is 4.27. The maximum absolute atomic E-state index is 6.40. The van der Waals surface area contributed by atoms with Crippen LogP contribution in [0.5, 0.6) is 11.5 Å². The number of fused-ring (bicyclic) bond motifs is 1. The minimum absolute atomic E-state index is 0.207. The Morgan fingerprint density at radius 3 is 2.59 bits per heavy atom. The monoisotopic (exact) mass is 452 g/mol. The number of nitrogens with zero attached hydrogens (tertiary/aromatic N) is 5. The number of morpholine rings is 1. The van der Waals surface area contributed by atoms with E-state index in [0.717, 1.165) is 29.1 Å². The zero-order valence-electron chi connectivity index (χ0n) is 18.8. The smallest absolute Gasteiger partial charge is 0.177 e. The number of nitrogens with one attached hydrogen (secondary N) is 1. The Balaban J connectivity index is 1.40. The van der Waals surface area contributed by atoms with Gasteiger partial charge in [-0.2, -0.15) is 14.9 Å². The first-order valence-electron chi connectivity index (χ1n) is 11.3. The maximum Gasteiger partial charge on any atom is 0.177 e. The second-order valence-corrected chi connectivity index (χ2v) is 8.31. The number of pyridine rings is 1. The van der Waals surface area contributed by atoms with Crippen molar-refractivity contribution < 1.29 is 9.47 Å². The van der Waals surface area contributed by atoms with E-state index in [1.165, 1.54) is 5.56 Å². The predicted octanol–water partition coefficient (Wildman–Crippen LogP) is 4.83. The molecule has 1 aliphatic rings. The molecule has 0 unspecified atom stereocenters. The maximum atomic E-state index is 6.40. The summed E-state index contributed by atoms with van der Waals surface area (Å²) in [4.78, 5) is 7.20. The Morgan fingerprint density at radius 2 is 1.82 bits per heavy atom. The molecule has 0 radical (unpaired) electrons. The number of aromatic amines is 1. The van der Waals surface area contributed by atoms with E-state index >= 15 is 0 Å². The molecular weight excluding hydrogens is 428 g/mol. The lowest BCUT2D eigenvalue weighted by Crippen LogP contribution is -2.44. The molecule has 1 aliphatic heterocycles. The molecule has 0 bridgehead atoms. The van der Waals surface area contributed by atoms with Gasteiger partial charge in [-0.25, -0.2) is 4.98 Å². The molecule has 170 valence electrons. The molecule has 2 aromatic carbocycles. The molecule has 0 amide bonds. The van der Waals surface area contributed by atoms with Crippen LogP contribution in [0.1, 0.15) is 6.92 Å². The average Bonchev–Trinajstić information content (AvgIpc) is 3.55. The van der Waals surface area contributed by atoms with Crippen LogP contribution in [0.25, 0.3) is 28.0 Å². The molecule has 6 rings (SSSR count). The van der Waals surface area contributed by atoms with Crippen LogP contribution in [-0.4, -0.2) is 50.8 Å². The summed E-state index contributed by atoms with van der Waals surface area (Å²) in [5.41, 5.74) is 3.01. The van der Waals surface area contributed by atoms with Crippen molar-refractivity contribution in [2.45, 2.75) is 13.0 Å². The number of hydrogen-bond acceptors (Lipinski definition) is 6. The molecule has 1 atom stereocenters. The van der Waals surface area contributed by atoms with Crippen LogP contribution in [0.2, 0.25) is 0 Å². The number of ether oxygens (including phenoxy) is 2. The van der Waals surface area contributed by atoms with Gasteiger partial charge in [0.25, 0.3) is 0 Å². The summed E-state index contributed by atoms with van der Waals surface area (Å²) < 4.78 is 13.8. The first-order chi connectivity index (χ1) is 16.8. The Morgan fingerprint density at radius 1 is 1.00 bits per heavy atom. The van der Waals surface area contributed by atoms with E-state index < -0.39 is 0 Å². The summed E-state index contributed by atoms with van der Waals surface area (Å²) in [6.45, 7) is 4.23. The highest BCUT2D eigenvalue weighted by Crippen LogP contribution is 2.35. The van der Waals surface area contributed by atoms with E-state index in [9.17, 15) is 0 Å². The van der Waals surface area contributed by atoms with Gasteiger partial charge in [-0.1, -0.05) is 42.5 Å². The molecule has 0 saturated carbocycles. The third-order valence-electron chi connectivity index (χ3n) is 6.04. The fraction of sp³-hybridized carbons (Fsp3) is 0.192. The van der Waals surface area contributed by atoms with E-state index in [2.05, 4.69) is 51.4 Å². The minimum Gasteiger partial charge on any atom is -0.456 e. The van der Waals surface area contributed by atoms with Crippen molar-refractivity contribution in [3.63, 3.8) is 0 Å². The molecule has 3 aromatic heterocycles. The van der Waals surface area contributed by atoms with Crippen LogP contribution >= 0.6 is 0 Å². The van der Waals surface area contributed by atoms with Crippen LogP contribution in [0.4, 0.5) is 5.82 Å². The number of benzene rings is 2. The van der Waals surface area contributed by atoms with Gasteiger partial charge in [0, 0.05) is 24.9 Å². The predicted molar refractivity (Wildman–Crippen MR) is 131 cm³/mol. The molecule has 1 fully saturated rings. The second kappa shape index (κ2) is 8.64. The normalized spacial score (nSPS) is 16.1. The Kier molecular flexibility index (Phi) is 5.20. The fourth-order valence-corrected chi connectivity index (χ4v) is 4.27. The molecule has 8 nitrogen and oxygen atoms in total. The van der Waals surface area contributed by atoms with Crippen molar-refractivity contribution in [1.29, 1.82) is 0 Å². The molecule has 34 heavy (non-hydrogen) atoms. The topological polar surface area (TPSA) is 81.1 Å². The number of hydrogen-bond donors (Lipinski definition) is 1. The molecule has 1 N–H and O–H groups in total. The van der Waals surface area contributed by atoms with Gasteiger partial charge in [0.15, 0.2) is 11.5 Å². The SMILES string of the molecule is C[C@@H]1COCCN1c1cc(Oc2ccc(-c3ccccc3)cc2)c2cnn(-c3cc[nH]n3)c2n1. The van der Waals surface area contributed by atoms with Crippen molar-refractivity contribution >= 4 is 16.9 Å². The van der Waals surface area contributed by atoms with Crippen molar-refractivity contribution in [1.82, 2.24) is 25.0 Å². The van der Waals surface area contributed by atoms with E-state index in [-0.39, 0.29) is 6.04 Å². The Bertz CT molecular complexity index is 1400. The van der Waals surface area contributed by atoms with Crippen molar-refractivity contribution in [2.24, 2.45) is 0 Å². The average molecular weight is 453 g/mol. The number of H-pyrrole nitrogens is 1. The van der Waals surface area contributed by atoms with Crippen molar-refractivity contribution in [3.05, 3.63) is 79.1 Å². The van der Waals surface area contributed by atoms with Gasteiger partial charge >= 0.3 is 0 Å². The minimum atomic E-state index is 0.207. The van der Waals surface area contributed by atoms with Gasteiger partial charge < -0.3 is 14.4 Å². The highest BCUT2D eigenvalue weighted by Gasteiger charge is 2.23. The first kappa shape index (κ1) is 20.4. The molecule has 1 saturated heterocycles. The highest BCUT2D eigenvalue weighted by molar-refractivity contribution is 5.85. The van der Waals surface area contributed by atoms with E-state index in [0.29, 0.717) is 30.4 Å². The van der Waals surface area contributed by atoms with Crippen LogP contribution in [0.15, 0.2) is 79.1 Å². The van der Waals surface area contributed by atoms with Gasteiger partial charge in [0.1, 0.15) is 17.3 Å². The zero-order valence-corrected chi connectivity index (χ0v) is 18.8. The van der Waals surface area contributed by atoms with E-state index in [1.54, 1.807) is 17.1 Å². The standard InChI is InChI=1S/C26H24N6O2/c1-18-17-33-14-13-31(18)25-15-23(22-16-28-32(26(22)29-25)24-11-12-27-30-24)34-21-9-7-20(8-10-21)19-5-3-2-4-6-19/h2-12,15-16,18H,13-14,17H2,1H3,(H,27,30)/t18-/m1/s1. The summed E-state index contributed by atoms with van der Waals surface area (Å²) in [5, 5.41) is 12.5. The second-order valence-electron chi connectivity index (χ2n) is 8.31. The largest absolute Gasteiger partial charge is 0.456 e. The third kappa shape index (κ3) is 3.78. The lowest BCUT2D eigenvalue weighted by atomic mass is 10.1. The number of rotatable bonds is 5. The van der Waals surface area contributed by atoms with Crippen molar-refractivity contribution in [2.75, 3.05) is 24.7 Å². The lowest BCUT2D eigenvalue weighted by Gasteiger charge is -2.34. The van der Waals surface area contributed by atoms with Crippen molar-refractivity contribution in [3.8, 4) is 28.4 Å². The quantitative estimate of drug-likeness (QED) is 0.411. The molecule has 5 aromatic rings. The van der Waals surface area contributed by atoms with Crippen LogP contribution < -0.4 is 9.64 Å². The third-order valence-corrected chi connectivity index (χ3v) is 6.04. The summed E-state index contributed by atoms with van der Waals surface area (Å²) in [5.74, 6) is 2.96. The molecule has 0 spiro atoms. The number of anilines is 1. The number of aromatic nitrogens is 5. The van der Waals surface area contributed by atoms with Gasteiger partial charge in [0.05, 0.1) is 30.8 Å². The molecule has 4 heterocycles. The van der Waals surface area contributed by atoms with Gasteiger partial charge in [0.2, 0.25) is 0 Å². The lowest BCUT2D eigenvalue weighted by molar-refractivity contribution is 0.0985. The van der Waals surface area contributed by atoms with Gasteiger partial charge in [-0.15, -0.1) is 0 Å². The summed E-state index contributed by atoms with van der Waals surface area (Å²) in [6, 6.07) is 22.5. The molecule has 0 aliphatic carbocycles. The molecular formula is C26H24N6O2. The van der Waals surface area contributed by atoms with Crippen LogP contribution in [0.3, 0.4) is 0 Å². The summed E-state index contributed by atoms with van der Waals surface area (Å²) in [7, 11) is 0. The van der Waals surface area contributed by atoms with Gasteiger partial charge in [-0.05, 0) is 30.2 Å². The van der Waals surface area contributed by atoms with Crippen LogP contribution in [-0.2, 0) is 4.74 Å². The van der Waals surface area contributed by atoms with Gasteiger partial charge in [-0.3, -0.25) is 5.10 Å². The zero-order chi connectivity index (χ0) is 22.9. The Labute approximate surface area is 196 Å². The molecule has 8 heteroatoms. The highest BCUT2D eigenvalue weighted by atomic mass is 16.5. The van der Waals surface area contributed by atoms with E-state index in [4.69, 9.17) is 14.5 Å². The summed E-state index contributed by atoms with van der Waals surface area (Å²) >= 11 is 0. The summed E-state index contributed by atoms with van der Waals surface area (Å²) in [6.07, 6.45) is 3.54.